The van der Waals surface area contributed by atoms with Gasteiger partial charge in [0.15, 0.2) is 0 Å². The normalized spacial score (nSPS) is 17.5. The highest BCUT2D eigenvalue weighted by Gasteiger charge is 2.30. The minimum atomic E-state index is 0.226. The average Bonchev–Trinajstić information content (AvgIpc) is 3.21. The summed E-state index contributed by atoms with van der Waals surface area (Å²) in [6.45, 7) is 2.92. The molecule has 0 radical (unpaired) electrons. The van der Waals surface area contributed by atoms with Crippen LogP contribution in [0.1, 0.15) is 35.7 Å². The molecule has 3 heteroatoms. The summed E-state index contributed by atoms with van der Waals surface area (Å²) in [6, 6.07) is 18.9. The summed E-state index contributed by atoms with van der Waals surface area (Å²) in [5.74, 6) is 0.231. The van der Waals surface area contributed by atoms with Crippen molar-refractivity contribution < 1.29 is 4.79 Å². The Kier molecular flexibility index (Phi) is 3.85. The number of nitrogens with zero attached hydrogens (tertiary/aromatic N) is 1. The maximum Gasteiger partial charge on any atom is 0.227 e. The van der Waals surface area contributed by atoms with Gasteiger partial charge in [-0.1, -0.05) is 48.5 Å². The molecule has 3 nitrogen and oxygen atoms in total. The first-order valence-corrected chi connectivity index (χ1v) is 8.64. The number of likely N-dealkylation sites (tertiary alicyclic amines) is 1. The van der Waals surface area contributed by atoms with Crippen LogP contribution in [-0.4, -0.2) is 22.3 Å². The number of aryl methyl sites for hydroxylation is 1. The van der Waals surface area contributed by atoms with Crippen LogP contribution >= 0.6 is 0 Å². The van der Waals surface area contributed by atoms with Crippen LogP contribution in [-0.2, 0) is 11.2 Å². The Hall–Kier alpha value is -2.55. The zero-order chi connectivity index (χ0) is 16.5. The van der Waals surface area contributed by atoms with Crippen LogP contribution < -0.4 is 0 Å². The number of amides is 1. The molecule has 2 heterocycles. The van der Waals surface area contributed by atoms with E-state index in [0.717, 1.165) is 36.2 Å². The third kappa shape index (κ3) is 2.60. The van der Waals surface area contributed by atoms with Crippen molar-refractivity contribution in [1.29, 1.82) is 0 Å². The molecule has 122 valence electrons. The first kappa shape index (κ1) is 15.0. The number of aromatic nitrogens is 1. The van der Waals surface area contributed by atoms with E-state index in [1.165, 1.54) is 10.9 Å². The van der Waals surface area contributed by atoms with Crippen molar-refractivity contribution in [2.45, 2.75) is 32.2 Å². The Morgan fingerprint density at radius 3 is 2.71 bits per heavy atom. The molecular weight excluding hydrogens is 296 g/mol. The molecule has 4 rings (SSSR count). The van der Waals surface area contributed by atoms with Gasteiger partial charge in [-0.15, -0.1) is 0 Å². The molecule has 0 aliphatic carbocycles. The molecule has 1 amide bonds. The minimum Gasteiger partial charge on any atom is -0.358 e. The summed E-state index contributed by atoms with van der Waals surface area (Å²) in [5.41, 5.74) is 4.59. The molecule has 1 aliphatic rings. The number of carbonyl (C=O) groups excluding carboxylic acids is 1. The van der Waals surface area contributed by atoms with Gasteiger partial charge >= 0.3 is 0 Å². The van der Waals surface area contributed by atoms with Gasteiger partial charge in [-0.2, -0.15) is 0 Å². The number of aromatic amines is 1. The fourth-order valence-electron chi connectivity index (χ4n) is 3.90. The summed E-state index contributed by atoms with van der Waals surface area (Å²) in [4.78, 5) is 18.5. The maximum absolute atomic E-state index is 13.0. The molecule has 1 N–H and O–H groups in total. The zero-order valence-electron chi connectivity index (χ0n) is 14.0. The van der Waals surface area contributed by atoms with Crippen molar-refractivity contribution in [2.24, 2.45) is 0 Å². The second-order valence-electron chi connectivity index (χ2n) is 6.61. The van der Waals surface area contributed by atoms with Gasteiger partial charge in [-0.05, 0) is 37.0 Å². The Morgan fingerprint density at radius 2 is 1.88 bits per heavy atom. The Bertz CT molecular complexity index is 866. The SMILES string of the molecule is Cc1[nH]c2ccccc2c1CC(=O)N1CCC[C@@H]1c1ccccc1. The molecule has 0 saturated carbocycles. The number of hydrogen-bond donors (Lipinski definition) is 1. The molecule has 1 aromatic heterocycles. The van der Waals surface area contributed by atoms with Crippen LogP contribution in [0.15, 0.2) is 54.6 Å². The first-order chi connectivity index (χ1) is 11.7. The van der Waals surface area contributed by atoms with E-state index < -0.39 is 0 Å². The van der Waals surface area contributed by atoms with E-state index in [4.69, 9.17) is 0 Å². The summed E-state index contributed by atoms with van der Waals surface area (Å²) >= 11 is 0. The third-order valence-electron chi connectivity index (χ3n) is 5.11. The van der Waals surface area contributed by atoms with Gasteiger partial charge in [0.1, 0.15) is 0 Å². The van der Waals surface area contributed by atoms with Gasteiger partial charge in [-0.3, -0.25) is 4.79 Å². The molecule has 0 spiro atoms. The lowest BCUT2D eigenvalue weighted by Crippen LogP contribution is -2.31. The highest BCUT2D eigenvalue weighted by atomic mass is 16.2. The second-order valence-corrected chi connectivity index (χ2v) is 6.61. The van der Waals surface area contributed by atoms with E-state index in [1.54, 1.807) is 0 Å². The number of para-hydroxylation sites is 1. The summed E-state index contributed by atoms with van der Waals surface area (Å²) < 4.78 is 0. The minimum absolute atomic E-state index is 0.226. The maximum atomic E-state index is 13.0. The molecule has 2 aromatic carbocycles. The third-order valence-corrected chi connectivity index (χ3v) is 5.11. The molecule has 24 heavy (non-hydrogen) atoms. The molecule has 1 fully saturated rings. The fraction of sp³-hybridized carbons (Fsp3) is 0.286. The van der Waals surface area contributed by atoms with Gasteiger partial charge in [0.05, 0.1) is 12.5 Å². The van der Waals surface area contributed by atoms with Gasteiger partial charge in [0, 0.05) is 23.1 Å². The van der Waals surface area contributed by atoms with Crippen LogP contribution in [0.2, 0.25) is 0 Å². The van der Waals surface area contributed by atoms with Crippen LogP contribution in [0.5, 0.6) is 0 Å². The number of hydrogen-bond acceptors (Lipinski definition) is 1. The lowest BCUT2D eigenvalue weighted by molar-refractivity contribution is -0.131. The molecule has 1 saturated heterocycles. The monoisotopic (exact) mass is 318 g/mol. The van der Waals surface area contributed by atoms with Crippen LogP contribution in [0.4, 0.5) is 0 Å². The van der Waals surface area contributed by atoms with Gasteiger partial charge in [0.25, 0.3) is 0 Å². The summed E-state index contributed by atoms with van der Waals surface area (Å²) in [7, 11) is 0. The summed E-state index contributed by atoms with van der Waals surface area (Å²) in [6.07, 6.45) is 2.61. The Balaban J connectivity index is 1.60. The number of H-pyrrole nitrogens is 1. The first-order valence-electron chi connectivity index (χ1n) is 8.64. The largest absolute Gasteiger partial charge is 0.358 e. The van der Waals surface area contributed by atoms with E-state index in [-0.39, 0.29) is 11.9 Å². The Morgan fingerprint density at radius 1 is 1.12 bits per heavy atom. The van der Waals surface area contributed by atoms with Crippen LogP contribution in [0.3, 0.4) is 0 Å². The topological polar surface area (TPSA) is 36.1 Å². The lowest BCUT2D eigenvalue weighted by Gasteiger charge is -2.25. The Labute approximate surface area is 142 Å². The van der Waals surface area contributed by atoms with Crippen molar-refractivity contribution in [3.8, 4) is 0 Å². The standard InChI is InChI=1S/C21H22N2O/c1-15-18(17-10-5-6-11-19(17)22-15)14-21(24)23-13-7-12-20(23)16-8-3-2-4-9-16/h2-6,8-11,20,22H,7,12-14H2,1H3/t20-/m1/s1. The smallest absolute Gasteiger partial charge is 0.227 e. The van der Waals surface area contributed by atoms with Gasteiger partial charge in [-0.25, -0.2) is 0 Å². The van der Waals surface area contributed by atoms with E-state index in [0.29, 0.717) is 6.42 Å². The van der Waals surface area contributed by atoms with E-state index >= 15 is 0 Å². The van der Waals surface area contributed by atoms with Crippen molar-refractivity contribution in [3.05, 3.63) is 71.4 Å². The molecule has 0 unspecified atom stereocenters. The molecule has 1 aliphatic heterocycles. The highest BCUT2D eigenvalue weighted by molar-refractivity contribution is 5.90. The number of rotatable bonds is 3. The number of benzene rings is 2. The number of carbonyl (C=O) groups is 1. The van der Waals surface area contributed by atoms with Crippen molar-refractivity contribution in [1.82, 2.24) is 9.88 Å². The van der Waals surface area contributed by atoms with Crippen molar-refractivity contribution in [2.75, 3.05) is 6.54 Å². The van der Waals surface area contributed by atoms with Crippen LogP contribution in [0, 0.1) is 6.92 Å². The molecular formula is C21H22N2O. The quantitative estimate of drug-likeness (QED) is 0.764. The van der Waals surface area contributed by atoms with Crippen LogP contribution in [0.25, 0.3) is 10.9 Å². The fourth-order valence-corrected chi connectivity index (χ4v) is 3.90. The summed E-state index contributed by atoms with van der Waals surface area (Å²) in [5, 5.41) is 1.17. The lowest BCUT2D eigenvalue weighted by atomic mass is 10.0. The zero-order valence-corrected chi connectivity index (χ0v) is 14.0. The van der Waals surface area contributed by atoms with E-state index in [2.05, 4.69) is 53.2 Å². The van der Waals surface area contributed by atoms with E-state index in [9.17, 15) is 4.79 Å². The predicted molar refractivity (Wildman–Crippen MR) is 96.9 cm³/mol. The second kappa shape index (κ2) is 6.16. The molecule has 0 bridgehead atoms. The molecule has 1 atom stereocenters. The van der Waals surface area contributed by atoms with Crippen molar-refractivity contribution in [3.63, 3.8) is 0 Å². The van der Waals surface area contributed by atoms with E-state index in [1.807, 2.05) is 18.2 Å². The molecule has 3 aromatic rings. The van der Waals surface area contributed by atoms with Gasteiger partial charge < -0.3 is 9.88 Å². The highest BCUT2D eigenvalue weighted by Crippen LogP contribution is 2.33. The average molecular weight is 318 g/mol. The number of nitrogens with one attached hydrogen (secondary N) is 1. The predicted octanol–water partition coefficient (Wildman–Crippen LogP) is 4.38. The number of fused-ring (bicyclic) bond motifs is 1. The van der Waals surface area contributed by atoms with Gasteiger partial charge in [0.2, 0.25) is 5.91 Å². The van der Waals surface area contributed by atoms with Crippen molar-refractivity contribution >= 4 is 16.8 Å².